The minimum atomic E-state index is -0.500. The lowest BCUT2D eigenvalue weighted by molar-refractivity contribution is -0.384. The molecule has 27 heavy (non-hydrogen) atoms. The predicted molar refractivity (Wildman–Crippen MR) is 106 cm³/mol. The third kappa shape index (κ3) is 5.46. The van der Waals surface area contributed by atoms with Gasteiger partial charge in [-0.15, -0.1) is 0 Å². The number of benzene rings is 2. The van der Waals surface area contributed by atoms with Crippen molar-refractivity contribution in [2.75, 3.05) is 12.3 Å². The average Bonchev–Trinajstić information content (AvgIpc) is 2.68. The van der Waals surface area contributed by atoms with Crippen LogP contribution in [0.3, 0.4) is 0 Å². The topological polar surface area (TPSA) is 123 Å². The predicted octanol–water partition coefficient (Wildman–Crippen LogP) is 2.92. The van der Waals surface area contributed by atoms with Crippen molar-refractivity contribution >= 4 is 28.7 Å². The Hall–Kier alpha value is -3.55. The maximum Gasteiger partial charge on any atom is 0.270 e. The third-order valence-corrected chi connectivity index (χ3v) is 3.81. The number of nitro benzene ring substituents is 1. The molecule has 140 valence electrons. The van der Waals surface area contributed by atoms with Crippen molar-refractivity contribution < 1.29 is 9.72 Å². The second kappa shape index (κ2) is 9.23. The summed E-state index contributed by atoms with van der Waals surface area (Å²) in [7, 11) is 0. The van der Waals surface area contributed by atoms with Crippen LogP contribution in [-0.2, 0) is 4.79 Å². The Bertz CT molecular complexity index is 891. The van der Waals surface area contributed by atoms with E-state index in [0.29, 0.717) is 22.5 Å². The van der Waals surface area contributed by atoms with Gasteiger partial charge in [-0.2, -0.15) is 5.10 Å². The van der Waals surface area contributed by atoms with Crippen LogP contribution in [0.5, 0.6) is 0 Å². The fraction of sp³-hybridized carbons (Fsp3) is 0.211. The van der Waals surface area contributed by atoms with E-state index in [2.05, 4.69) is 15.5 Å². The minimum Gasteiger partial charge on any atom is -0.398 e. The zero-order valence-corrected chi connectivity index (χ0v) is 15.2. The number of anilines is 1. The van der Waals surface area contributed by atoms with E-state index in [0.717, 1.165) is 12.1 Å². The Labute approximate surface area is 157 Å². The van der Waals surface area contributed by atoms with Gasteiger partial charge < -0.3 is 5.73 Å². The van der Waals surface area contributed by atoms with Crippen LogP contribution in [0.15, 0.2) is 58.6 Å². The van der Waals surface area contributed by atoms with Gasteiger partial charge in [-0.1, -0.05) is 37.3 Å². The van der Waals surface area contributed by atoms with Gasteiger partial charge in [-0.25, -0.2) is 5.43 Å². The van der Waals surface area contributed by atoms with E-state index in [1.54, 1.807) is 12.1 Å². The molecule has 0 atom stereocenters. The molecule has 0 radical (unpaired) electrons. The number of aliphatic imine (C=N–C) groups is 1. The zero-order valence-electron chi connectivity index (χ0n) is 15.2. The largest absolute Gasteiger partial charge is 0.398 e. The standard InChI is InChI=1S/C19H21N5O3/c1-3-13(2)22-23-18(25)12-21-19(14-7-5-4-6-8-14)16-11-15(24(26)27)9-10-17(16)20/h4-11H,3,12,20H2,1-2H3,(H,23,25)/b21-19?,22-13-. The lowest BCUT2D eigenvalue weighted by Crippen LogP contribution is -2.22. The van der Waals surface area contributed by atoms with Gasteiger partial charge >= 0.3 is 0 Å². The summed E-state index contributed by atoms with van der Waals surface area (Å²) in [6, 6.07) is 13.2. The number of nitrogens with one attached hydrogen (secondary N) is 1. The first kappa shape index (κ1) is 19.8. The molecule has 0 aliphatic rings. The van der Waals surface area contributed by atoms with Crippen LogP contribution in [0.4, 0.5) is 11.4 Å². The molecule has 0 aliphatic heterocycles. The van der Waals surface area contributed by atoms with E-state index in [1.165, 1.54) is 18.2 Å². The molecule has 0 unspecified atom stereocenters. The zero-order chi connectivity index (χ0) is 19.8. The van der Waals surface area contributed by atoms with Crippen LogP contribution >= 0.6 is 0 Å². The molecule has 2 rings (SSSR count). The molecule has 2 aromatic carbocycles. The third-order valence-electron chi connectivity index (χ3n) is 3.81. The van der Waals surface area contributed by atoms with Crippen LogP contribution in [0, 0.1) is 10.1 Å². The number of rotatable bonds is 7. The quantitative estimate of drug-likeness (QED) is 0.338. The van der Waals surface area contributed by atoms with Crippen LogP contribution in [0.2, 0.25) is 0 Å². The summed E-state index contributed by atoms with van der Waals surface area (Å²) in [5.41, 5.74) is 11.0. The first-order chi connectivity index (χ1) is 12.9. The van der Waals surface area contributed by atoms with Crippen molar-refractivity contribution in [1.29, 1.82) is 0 Å². The minimum absolute atomic E-state index is 0.101. The summed E-state index contributed by atoms with van der Waals surface area (Å²) >= 11 is 0. The van der Waals surface area contributed by atoms with Gasteiger partial charge in [0.05, 0.1) is 10.6 Å². The molecule has 8 nitrogen and oxygen atoms in total. The molecule has 0 fully saturated rings. The van der Waals surface area contributed by atoms with Gasteiger partial charge in [-0.3, -0.25) is 19.9 Å². The molecule has 0 aliphatic carbocycles. The summed E-state index contributed by atoms with van der Waals surface area (Å²) in [6.07, 6.45) is 0.725. The van der Waals surface area contributed by atoms with Gasteiger partial charge in [0, 0.05) is 34.7 Å². The maximum absolute atomic E-state index is 12.0. The van der Waals surface area contributed by atoms with Crippen LogP contribution in [0.25, 0.3) is 0 Å². The van der Waals surface area contributed by atoms with E-state index in [-0.39, 0.29) is 18.1 Å². The fourth-order valence-electron chi connectivity index (χ4n) is 2.21. The number of hydrogen-bond donors (Lipinski definition) is 2. The molecule has 8 heteroatoms. The molecule has 0 aromatic heterocycles. The second-order valence-corrected chi connectivity index (χ2v) is 5.80. The molecule has 0 bridgehead atoms. The van der Waals surface area contributed by atoms with Crippen molar-refractivity contribution in [3.8, 4) is 0 Å². The molecule has 1 amide bonds. The van der Waals surface area contributed by atoms with Crippen molar-refractivity contribution in [2.24, 2.45) is 10.1 Å². The van der Waals surface area contributed by atoms with Crippen molar-refractivity contribution in [2.45, 2.75) is 20.3 Å². The van der Waals surface area contributed by atoms with Gasteiger partial charge in [0.2, 0.25) is 0 Å². The van der Waals surface area contributed by atoms with E-state index < -0.39 is 4.92 Å². The number of hydrazone groups is 1. The molecule has 0 heterocycles. The molecule has 2 aromatic rings. The Morgan fingerprint density at radius 3 is 2.56 bits per heavy atom. The van der Waals surface area contributed by atoms with E-state index in [9.17, 15) is 14.9 Å². The van der Waals surface area contributed by atoms with Gasteiger partial charge in [0.1, 0.15) is 6.54 Å². The monoisotopic (exact) mass is 367 g/mol. The number of nitro groups is 1. The molecule has 0 saturated carbocycles. The number of nitrogen functional groups attached to an aromatic ring is 1. The van der Waals surface area contributed by atoms with E-state index in [1.807, 2.05) is 32.0 Å². The number of carbonyl (C=O) groups is 1. The molecule has 0 saturated heterocycles. The maximum atomic E-state index is 12.0. The summed E-state index contributed by atoms with van der Waals surface area (Å²) in [4.78, 5) is 27.0. The lowest BCUT2D eigenvalue weighted by atomic mass is 10.00. The first-order valence-corrected chi connectivity index (χ1v) is 8.38. The average molecular weight is 367 g/mol. The number of nitrogens with zero attached hydrogens (tertiary/aromatic N) is 3. The fourth-order valence-corrected chi connectivity index (χ4v) is 2.21. The molecule has 3 N–H and O–H groups in total. The van der Waals surface area contributed by atoms with Gasteiger partial charge in [0.15, 0.2) is 0 Å². The van der Waals surface area contributed by atoms with Gasteiger partial charge in [0.25, 0.3) is 11.6 Å². The molecular formula is C19H21N5O3. The highest BCUT2D eigenvalue weighted by Crippen LogP contribution is 2.23. The smallest absolute Gasteiger partial charge is 0.270 e. The van der Waals surface area contributed by atoms with E-state index >= 15 is 0 Å². The van der Waals surface area contributed by atoms with E-state index in [4.69, 9.17) is 5.73 Å². The summed E-state index contributed by atoms with van der Waals surface area (Å²) < 4.78 is 0. The summed E-state index contributed by atoms with van der Waals surface area (Å²) in [5, 5.41) is 15.1. The van der Waals surface area contributed by atoms with Crippen LogP contribution < -0.4 is 11.2 Å². The Morgan fingerprint density at radius 2 is 1.93 bits per heavy atom. The molecular weight excluding hydrogens is 346 g/mol. The Kier molecular flexibility index (Phi) is 6.76. The SMILES string of the molecule is CC/C(C)=N\NC(=O)CN=C(c1ccccc1)c1cc([N+](=O)[O-])ccc1N. The Morgan fingerprint density at radius 1 is 1.22 bits per heavy atom. The summed E-state index contributed by atoms with van der Waals surface area (Å²) in [6.45, 7) is 3.55. The number of amides is 1. The van der Waals surface area contributed by atoms with Crippen molar-refractivity contribution in [1.82, 2.24) is 5.43 Å². The second-order valence-electron chi connectivity index (χ2n) is 5.80. The van der Waals surface area contributed by atoms with Crippen LogP contribution in [0.1, 0.15) is 31.4 Å². The normalized spacial score (nSPS) is 11.9. The Balaban J connectivity index is 2.40. The molecule has 0 spiro atoms. The van der Waals surface area contributed by atoms with Crippen molar-refractivity contribution in [3.63, 3.8) is 0 Å². The number of hydrogen-bond acceptors (Lipinski definition) is 6. The highest BCUT2D eigenvalue weighted by molar-refractivity contribution is 6.16. The lowest BCUT2D eigenvalue weighted by Gasteiger charge is -2.10. The highest BCUT2D eigenvalue weighted by atomic mass is 16.6. The summed E-state index contributed by atoms with van der Waals surface area (Å²) in [5.74, 6) is -0.389. The van der Waals surface area contributed by atoms with Gasteiger partial charge in [-0.05, 0) is 19.4 Å². The number of nitrogens with two attached hydrogens (primary N) is 1. The number of carbonyl (C=O) groups excluding carboxylic acids is 1. The van der Waals surface area contributed by atoms with Crippen molar-refractivity contribution in [3.05, 3.63) is 69.8 Å². The van der Waals surface area contributed by atoms with Crippen LogP contribution in [-0.4, -0.2) is 28.8 Å². The first-order valence-electron chi connectivity index (χ1n) is 8.38. The highest BCUT2D eigenvalue weighted by Gasteiger charge is 2.16. The number of non-ortho nitro benzene ring substituents is 1.